The van der Waals surface area contributed by atoms with Crippen LogP contribution in [0.2, 0.25) is 0 Å². The van der Waals surface area contributed by atoms with E-state index in [1.165, 1.54) is 6.07 Å². The van der Waals surface area contributed by atoms with Gasteiger partial charge in [-0.2, -0.15) is 4.39 Å². The van der Waals surface area contributed by atoms with Crippen LogP contribution in [0.15, 0.2) is 12.1 Å². The largest absolute Gasteiger partial charge is 0.481 e. The van der Waals surface area contributed by atoms with Gasteiger partial charge in [0, 0.05) is 0 Å². The molecule has 1 N–H and O–H groups in total. The zero-order chi connectivity index (χ0) is 9.14. The van der Waals surface area contributed by atoms with Crippen molar-refractivity contribution in [2.45, 2.75) is 6.42 Å². The summed E-state index contributed by atoms with van der Waals surface area (Å²) in [5.74, 6) is -1.62. The van der Waals surface area contributed by atoms with Crippen LogP contribution >= 0.6 is 22.6 Å². The molecule has 0 aliphatic carbocycles. The van der Waals surface area contributed by atoms with Crippen molar-refractivity contribution < 1.29 is 14.3 Å². The third kappa shape index (κ3) is 2.72. The highest BCUT2D eigenvalue weighted by Gasteiger charge is 2.03. The van der Waals surface area contributed by atoms with E-state index in [2.05, 4.69) is 4.98 Å². The third-order valence-electron chi connectivity index (χ3n) is 1.18. The quantitative estimate of drug-likeness (QED) is 0.659. The molecule has 0 aliphatic rings. The van der Waals surface area contributed by atoms with Crippen molar-refractivity contribution in [1.82, 2.24) is 4.98 Å². The Morgan fingerprint density at radius 2 is 2.33 bits per heavy atom. The summed E-state index contributed by atoms with van der Waals surface area (Å²) in [6.07, 6.45) is -0.171. The summed E-state index contributed by atoms with van der Waals surface area (Å²) in [5.41, 5.74) is 0.430. The summed E-state index contributed by atoms with van der Waals surface area (Å²) in [5, 5.41) is 8.40. The van der Waals surface area contributed by atoms with Gasteiger partial charge >= 0.3 is 5.97 Å². The molecule has 5 heteroatoms. The molecule has 1 aromatic heterocycles. The number of rotatable bonds is 2. The van der Waals surface area contributed by atoms with Gasteiger partial charge in [-0.05, 0) is 40.3 Å². The standard InChI is InChI=1S/C7H5FINO2/c8-5-1-4(3-7(11)12)2-6(9)10-5/h1-2H,3H2,(H,11,12). The summed E-state index contributed by atoms with van der Waals surface area (Å²) in [7, 11) is 0. The second-order valence-electron chi connectivity index (χ2n) is 2.19. The normalized spacial score (nSPS) is 9.83. The molecule has 1 heterocycles. The highest BCUT2D eigenvalue weighted by atomic mass is 127. The molecule has 0 fully saturated rings. The number of carbonyl (C=O) groups is 1. The van der Waals surface area contributed by atoms with E-state index in [0.717, 1.165) is 6.07 Å². The number of nitrogens with zero attached hydrogens (tertiary/aromatic N) is 1. The zero-order valence-corrected chi connectivity index (χ0v) is 8.08. The number of hydrogen-bond acceptors (Lipinski definition) is 2. The lowest BCUT2D eigenvalue weighted by Gasteiger charge is -1.97. The summed E-state index contributed by atoms with van der Waals surface area (Å²) in [6, 6.07) is 2.66. The van der Waals surface area contributed by atoms with E-state index in [1.807, 2.05) is 22.6 Å². The van der Waals surface area contributed by atoms with Gasteiger partial charge < -0.3 is 5.11 Å². The summed E-state index contributed by atoms with van der Waals surface area (Å²) in [4.78, 5) is 13.7. The van der Waals surface area contributed by atoms with E-state index in [9.17, 15) is 9.18 Å². The molecule has 0 amide bonds. The predicted octanol–water partition coefficient (Wildman–Crippen LogP) is 1.45. The average Bonchev–Trinajstić information content (AvgIpc) is 1.81. The van der Waals surface area contributed by atoms with Crippen molar-refractivity contribution in [3.8, 4) is 0 Å². The lowest BCUT2D eigenvalue weighted by atomic mass is 10.2. The molecule has 0 atom stereocenters. The van der Waals surface area contributed by atoms with E-state index >= 15 is 0 Å². The Hall–Kier alpha value is -0.720. The molecule has 0 saturated heterocycles. The van der Waals surface area contributed by atoms with Crippen LogP contribution in [0.5, 0.6) is 0 Å². The SMILES string of the molecule is O=C(O)Cc1cc(F)nc(I)c1. The fourth-order valence-corrected chi connectivity index (χ4v) is 1.42. The number of carboxylic acids is 1. The fourth-order valence-electron chi connectivity index (χ4n) is 0.791. The fraction of sp³-hybridized carbons (Fsp3) is 0.143. The summed E-state index contributed by atoms with van der Waals surface area (Å²) >= 11 is 1.83. The molecule has 0 spiro atoms. The minimum absolute atomic E-state index is 0.171. The third-order valence-corrected chi connectivity index (χ3v) is 1.73. The molecule has 0 saturated carbocycles. The van der Waals surface area contributed by atoms with Crippen LogP contribution in [0.1, 0.15) is 5.56 Å². The first-order chi connectivity index (χ1) is 5.58. The van der Waals surface area contributed by atoms with Crippen LogP contribution in [-0.2, 0) is 11.2 Å². The molecular weight excluding hydrogens is 276 g/mol. The number of halogens is 2. The van der Waals surface area contributed by atoms with E-state index in [0.29, 0.717) is 9.26 Å². The number of aromatic nitrogens is 1. The van der Waals surface area contributed by atoms with Crippen molar-refractivity contribution in [2.75, 3.05) is 0 Å². The van der Waals surface area contributed by atoms with Gasteiger partial charge in [-0.1, -0.05) is 0 Å². The van der Waals surface area contributed by atoms with Gasteiger partial charge in [-0.25, -0.2) is 4.98 Å². The molecule has 0 aromatic carbocycles. The Balaban J connectivity index is 2.93. The molecule has 12 heavy (non-hydrogen) atoms. The van der Waals surface area contributed by atoms with E-state index in [4.69, 9.17) is 5.11 Å². The maximum atomic E-state index is 12.6. The van der Waals surface area contributed by atoms with Crippen LogP contribution in [0, 0.1) is 9.65 Å². The highest BCUT2D eigenvalue weighted by Crippen LogP contribution is 2.07. The minimum Gasteiger partial charge on any atom is -0.481 e. The monoisotopic (exact) mass is 281 g/mol. The van der Waals surface area contributed by atoms with Gasteiger partial charge in [-0.3, -0.25) is 4.79 Å². The first kappa shape index (κ1) is 9.37. The van der Waals surface area contributed by atoms with Gasteiger partial charge in [0.25, 0.3) is 0 Å². The molecule has 0 radical (unpaired) electrons. The van der Waals surface area contributed by atoms with Crippen LogP contribution in [0.3, 0.4) is 0 Å². The second-order valence-corrected chi connectivity index (χ2v) is 3.30. The smallest absolute Gasteiger partial charge is 0.307 e. The topological polar surface area (TPSA) is 50.2 Å². The van der Waals surface area contributed by atoms with Gasteiger partial charge in [0.1, 0.15) is 3.70 Å². The molecule has 64 valence electrons. The van der Waals surface area contributed by atoms with E-state index in [1.54, 1.807) is 0 Å². The van der Waals surface area contributed by atoms with Gasteiger partial charge in [0.05, 0.1) is 6.42 Å². The highest BCUT2D eigenvalue weighted by molar-refractivity contribution is 14.1. The van der Waals surface area contributed by atoms with Crippen molar-refractivity contribution in [3.63, 3.8) is 0 Å². The lowest BCUT2D eigenvalue weighted by Crippen LogP contribution is -2.01. The predicted molar refractivity (Wildman–Crippen MR) is 48.3 cm³/mol. The average molecular weight is 281 g/mol. The molecule has 3 nitrogen and oxygen atoms in total. The van der Waals surface area contributed by atoms with Gasteiger partial charge in [0.2, 0.25) is 5.95 Å². The summed E-state index contributed by atoms with van der Waals surface area (Å²) in [6.45, 7) is 0. The Bertz CT molecular complexity index is 296. The van der Waals surface area contributed by atoms with Crippen LogP contribution < -0.4 is 0 Å². The van der Waals surface area contributed by atoms with Crippen molar-refractivity contribution in [3.05, 3.63) is 27.3 Å². The molecule has 1 rings (SSSR count). The molecule has 1 aromatic rings. The zero-order valence-electron chi connectivity index (χ0n) is 5.92. The van der Waals surface area contributed by atoms with Crippen LogP contribution in [-0.4, -0.2) is 16.1 Å². The van der Waals surface area contributed by atoms with E-state index in [-0.39, 0.29) is 6.42 Å². The van der Waals surface area contributed by atoms with Gasteiger partial charge in [0.15, 0.2) is 0 Å². The molecule has 0 aliphatic heterocycles. The maximum Gasteiger partial charge on any atom is 0.307 e. The minimum atomic E-state index is -0.976. The van der Waals surface area contributed by atoms with Crippen molar-refractivity contribution in [2.24, 2.45) is 0 Å². The molecule has 0 unspecified atom stereocenters. The Morgan fingerprint density at radius 3 is 2.83 bits per heavy atom. The van der Waals surface area contributed by atoms with E-state index < -0.39 is 11.9 Å². The number of hydrogen-bond donors (Lipinski definition) is 1. The number of carboxylic acid groups (broad SMARTS) is 1. The Morgan fingerprint density at radius 1 is 1.67 bits per heavy atom. The number of pyridine rings is 1. The molecular formula is C7H5FINO2. The summed E-state index contributed by atoms with van der Waals surface area (Å²) < 4.78 is 13.0. The van der Waals surface area contributed by atoms with Gasteiger partial charge in [-0.15, -0.1) is 0 Å². The number of aliphatic carboxylic acids is 1. The first-order valence-electron chi connectivity index (χ1n) is 3.11. The first-order valence-corrected chi connectivity index (χ1v) is 4.19. The van der Waals surface area contributed by atoms with Crippen LogP contribution in [0.4, 0.5) is 4.39 Å². The maximum absolute atomic E-state index is 12.6. The van der Waals surface area contributed by atoms with Crippen molar-refractivity contribution >= 4 is 28.6 Å². The van der Waals surface area contributed by atoms with Crippen molar-refractivity contribution in [1.29, 1.82) is 0 Å². The Labute approximate surface area is 81.8 Å². The van der Waals surface area contributed by atoms with Crippen LogP contribution in [0.25, 0.3) is 0 Å². The Kier molecular flexibility index (Phi) is 2.96. The second kappa shape index (κ2) is 3.79. The lowest BCUT2D eigenvalue weighted by molar-refractivity contribution is -0.136. The molecule has 0 bridgehead atoms.